The van der Waals surface area contributed by atoms with E-state index in [1.54, 1.807) is 17.0 Å². The smallest absolute Gasteiger partial charge is 0.283 e. The van der Waals surface area contributed by atoms with Crippen LogP contribution in [0.1, 0.15) is 71.4 Å². The van der Waals surface area contributed by atoms with Gasteiger partial charge in [0.1, 0.15) is 0 Å². The molecule has 0 fully saturated rings. The monoisotopic (exact) mass is 442 g/mol. The first-order valence-electron chi connectivity index (χ1n) is 10.7. The van der Waals surface area contributed by atoms with E-state index in [9.17, 15) is 14.9 Å². The second-order valence-corrected chi connectivity index (χ2v) is 9.75. The van der Waals surface area contributed by atoms with Crippen LogP contribution in [-0.4, -0.2) is 27.8 Å². The number of carbonyl (C=O) groups is 1. The van der Waals surface area contributed by atoms with E-state index in [4.69, 9.17) is 0 Å². The molecule has 0 unspecified atom stereocenters. The van der Waals surface area contributed by atoms with Crippen LogP contribution in [0.3, 0.4) is 0 Å². The molecule has 2 rings (SSSR count). The average molecular weight is 443 g/mol. The van der Waals surface area contributed by atoms with Crippen molar-refractivity contribution in [3.8, 4) is 0 Å². The molecule has 5 nitrogen and oxygen atoms in total. The van der Waals surface area contributed by atoms with Gasteiger partial charge in [0.15, 0.2) is 0 Å². The molecular formula is C25H34N2O3S. The number of hydrogen-bond donors (Lipinski definition) is 0. The van der Waals surface area contributed by atoms with Gasteiger partial charge in [-0.25, -0.2) is 0 Å². The minimum Gasteiger partial charge on any atom is -0.334 e. The van der Waals surface area contributed by atoms with Crippen molar-refractivity contribution in [1.29, 1.82) is 0 Å². The van der Waals surface area contributed by atoms with E-state index < -0.39 is 0 Å². The highest BCUT2D eigenvalue weighted by Crippen LogP contribution is 2.36. The molecule has 0 heterocycles. The van der Waals surface area contributed by atoms with Gasteiger partial charge in [-0.15, -0.1) is 11.8 Å². The van der Waals surface area contributed by atoms with Gasteiger partial charge in [0.2, 0.25) is 0 Å². The molecule has 0 atom stereocenters. The number of nitro groups is 1. The van der Waals surface area contributed by atoms with Gasteiger partial charge >= 0.3 is 0 Å². The van der Waals surface area contributed by atoms with Gasteiger partial charge in [-0.1, -0.05) is 0 Å². The van der Waals surface area contributed by atoms with Gasteiger partial charge in [-0.3, -0.25) is 14.9 Å². The Morgan fingerprint density at radius 3 is 1.87 bits per heavy atom. The van der Waals surface area contributed by atoms with E-state index in [0.29, 0.717) is 16.2 Å². The standard InChI is InChI=1S/C25H34N2O3S/c1-14(2)26(15(3)4)25(28)21-10-11-24(23(12-21)27(29)30)31-13-22-19(8)17(6)16(5)18(7)20(22)9/h10-12,14-15H,13H2,1-9H3. The second kappa shape index (κ2) is 9.86. The van der Waals surface area contributed by atoms with Crippen molar-refractivity contribution in [3.05, 3.63) is 67.3 Å². The predicted molar refractivity (Wildman–Crippen MR) is 129 cm³/mol. The molecule has 0 aliphatic heterocycles. The Balaban J connectivity index is 2.40. The maximum Gasteiger partial charge on any atom is 0.283 e. The third kappa shape index (κ3) is 5.12. The first kappa shape index (κ1) is 24.9. The lowest BCUT2D eigenvalue weighted by Gasteiger charge is -2.30. The molecule has 2 aromatic carbocycles. The molecule has 0 radical (unpaired) electrons. The lowest BCUT2D eigenvalue weighted by molar-refractivity contribution is -0.387. The Kier molecular flexibility index (Phi) is 7.93. The summed E-state index contributed by atoms with van der Waals surface area (Å²) in [6, 6.07) is 4.88. The number of rotatable bonds is 7. The largest absolute Gasteiger partial charge is 0.334 e. The van der Waals surface area contributed by atoms with Crippen molar-refractivity contribution >= 4 is 23.4 Å². The third-order valence-electron chi connectivity index (χ3n) is 6.28. The first-order chi connectivity index (χ1) is 14.4. The van der Waals surface area contributed by atoms with Gasteiger partial charge in [0.25, 0.3) is 11.6 Å². The van der Waals surface area contributed by atoms with Crippen LogP contribution >= 0.6 is 11.8 Å². The molecule has 168 valence electrons. The fourth-order valence-corrected chi connectivity index (χ4v) is 5.25. The van der Waals surface area contributed by atoms with Crippen molar-refractivity contribution in [3.63, 3.8) is 0 Å². The van der Waals surface area contributed by atoms with E-state index >= 15 is 0 Å². The molecule has 6 heteroatoms. The highest BCUT2D eigenvalue weighted by molar-refractivity contribution is 7.98. The van der Waals surface area contributed by atoms with E-state index in [-0.39, 0.29) is 28.6 Å². The molecular weight excluding hydrogens is 408 g/mol. The lowest BCUT2D eigenvalue weighted by atomic mass is 9.90. The molecule has 2 aromatic rings. The summed E-state index contributed by atoms with van der Waals surface area (Å²) in [4.78, 5) is 26.7. The van der Waals surface area contributed by atoms with Crippen LogP contribution in [0, 0.1) is 44.7 Å². The highest BCUT2D eigenvalue weighted by atomic mass is 32.2. The highest BCUT2D eigenvalue weighted by Gasteiger charge is 2.25. The SMILES string of the molecule is Cc1c(C)c(C)c(CSc2ccc(C(=O)N(C(C)C)C(C)C)cc2[N+](=O)[O-])c(C)c1C. The van der Waals surface area contributed by atoms with Gasteiger partial charge in [-0.05, 0) is 108 Å². The van der Waals surface area contributed by atoms with Crippen LogP contribution in [-0.2, 0) is 5.75 Å². The number of hydrogen-bond acceptors (Lipinski definition) is 4. The summed E-state index contributed by atoms with van der Waals surface area (Å²) in [5.74, 6) is 0.471. The molecule has 0 saturated carbocycles. The Morgan fingerprint density at radius 2 is 1.42 bits per heavy atom. The van der Waals surface area contributed by atoms with Gasteiger partial charge in [0.05, 0.1) is 9.82 Å². The molecule has 0 aliphatic rings. The van der Waals surface area contributed by atoms with Crippen LogP contribution in [0.25, 0.3) is 0 Å². The molecule has 0 aromatic heterocycles. The van der Waals surface area contributed by atoms with Crippen LogP contribution in [0.5, 0.6) is 0 Å². The molecule has 1 amide bonds. The number of nitro benzene ring substituents is 1. The Labute approximate surface area is 190 Å². The maximum atomic E-state index is 13.0. The number of thioether (sulfide) groups is 1. The molecule has 0 N–H and O–H groups in total. The van der Waals surface area contributed by atoms with Crippen LogP contribution in [0.2, 0.25) is 0 Å². The van der Waals surface area contributed by atoms with Crippen LogP contribution < -0.4 is 0 Å². The maximum absolute atomic E-state index is 13.0. The van der Waals surface area contributed by atoms with Gasteiger partial charge < -0.3 is 4.90 Å². The minimum absolute atomic E-state index is 0.0135. The molecule has 0 saturated heterocycles. The Hall–Kier alpha value is -2.34. The summed E-state index contributed by atoms with van der Waals surface area (Å²) in [6.45, 7) is 18.4. The fourth-order valence-electron chi connectivity index (χ4n) is 4.07. The Bertz CT molecular complexity index is 975. The zero-order chi connectivity index (χ0) is 23.6. The predicted octanol–water partition coefficient (Wildman–Crippen LogP) is 6.69. The summed E-state index contributed by atoms with van der Waals surface area (Å²) in [6.07, 6.45) is 0. The first-order valence-corrected chi connectivity index (χ1v) is 11.7. The number of carbonyl (C=O) groups excluding carboxylic acids is 1. The van der Waals surface area contributed by atoms with Gasteiger partial charge in [0, 0.05) is 29.5 Å². The number of amides is 1. The van der Waals surface area contributed by atoms with Crippen molar-refractivity contribution in [2.24, 2.45) is 0 Å². The second-order valence-electron chi connectivity index (χ2n) is 8.73. The quantitative estimate of drug-likeness (QED) is 0.272. The zero-order valence-corrected chi connectivity index (χ0v) is 20.9. The van der Waals surface area contributed by atoms with Crippen LogP contribution in [0.15, 0.2) is 23.1 Å². The molecule has 0 bridgehead atoms. The van der Waals surface area contributed by atoms with E-state index in [2.05, 4.69) is 34.6 Å². The van der Waals surface area contributed by atoms with Crippen molar-refractivity contribution < 1.29 is 9.72 Å². The topological polar surface area (TPSA) is 63.5 Å². The van der Waals surface area contributed by atoms with E-state index in [0.717, 1.165) is 0 Å². The van der Waals surface area contributed by atoms with E-state index in [1.807, 2.05) is 27.7 Å². The summed E-state index contributed by atoms with van der Waals surface area (Å²) in [5.41, 5.74) is 7.91. The minimum atomic E-state index is -0.389. The fraction of sp³-hybridized carbons (Fsp3) is 0.480. The Morgan fingerprint density at radius 1 is 0.935 bits per heavy atom. The zero-order valence-electron chi connectivity index (χ0n) is 20.1. The summed E-state index contributed by atoms with van der Waals surface area (Å²) in [7, 11) is 0. The van der Waals surface area contributed by atoms with Crippen LogP contribution in [0.4, 0.5) is 5.69 Å². The average Bonchev–Trinajstić information content (AvgIpc) is 2.70. The summed E-state index contributed by atoms with van der Waals surface area (Å²) < 4.78 is 0. The van der Waals surface area contributed by atoms with Crippen molar-refractivity contribution in [2.45, 2.75) is 85.0 Å². The molecule has 31 heavy (non-hydrogen) atoms. The molecule has 0 spiro atoms. The normalized spacial score (nSPS) is 11.3. The van der Waals surface area contributed by atoms with Gasteiger partial charge in [-0.2, -0.15) is 0 Å². The molecule has 0 aliphatic carbocycles. The lowest BCUT2D eigenvalue weighted by Crippen LogP contribution is -2.42. The number of benzene rings is 2. The number of nitrogens with zero attached hydrogens (tertiary/aromatic N) is 2. The van der Waals surface area contributed by atoms with Crippen molar-refractivity contribution in [1.82, 2.24) is 4.90 Å². The van der Waals surface area contributed by atoms with Crippen molar-refractivity contribution in [2.75, 3.05) is 0 Å². The summed E-state index contributed by atoms with van der Waals surface area (Å²) in [5, 5.41) is 11.8. The van der Waals surface area contributed by atoms with E-state index in [1.165, 1.54) is 51.2 Å². The third-order valence-corrected chi connectivity index (χ3v) is 7.37. The summed E-state index contributed by atoms with van der Waals surface area (Å²) >= 11 is 1.45.